The van der Waals surface area contributed by atoms with Crippen LogP contribution in [0.1, 0.15) is 49.9 Å². The summed E-state index contributed by atoms with van der Waals surface area (Å²) in [6.45, 7) is 9.60. The molecule has 2 nitrogen and oxygen atoms in total. The Bertz CT molecular complexity index is 2180. The minimum Gasteiger partial charge on any atom is -0.309 e. The normalized spacial score (nSPS) is 16.3. The van der Waals surface area contributed by atoms with Gasteiger partial charge in [0.05, 0.1) is 33.4 Å². The molecular formula is C36H28N2. The monoisotopic (exact) mass is 488 g/mol. The van der Waals surface area contributed by atoms with E-state index in [4.69, 9.17) is 0 Å². The van der Waals surface area contributed by atoms with Gasteiger partial charge in [-0.3, -0.25) is 0 Å². The molecule has 182 valence electrons. The third kappa shape index (κ3) is 2.12. The van der Waals surface area contributed by atoms with E-state index in [0.29, 0.717) is 0 Å². The first-order chi connectivity index (χ1) is 18.4. The van der Waals surface area contributed by atoms with Gasteiger partial charge in [-0.15, -0.1) is 0 Å². The summed E-state index contributed by atoms with van der Waals surface area (Å²) in [5.41, 5.74) is 13.3. The molecule has 0 aliphatic carbocycles. The van der Waals surface area contributed by atoms with Crippen LogP contribution in [0.2, 0.25) is 0 Å². The van der Waals surface area contributed by atoms with E-state index in [1.165, 1.54) is 77.2 Å². The smallest absolute Gasteiger partial charge is 0.0589 e. The molecule has 2 aliphatic rings. The molecular weight excluding hydrogens is 460 g/mol. The van der Waals surface area contributed by atoms with E-state index in [1.807, 2.05) is 0 Å². The summed E-state index contributed by atoms with van der Waals surface area (Å²) in [4.78, 5) is 0. The number of benzene rings is 5. The number of para-hydroxylation sites is 4. The van der Waals surface area contributed by atoms with Crippen molar-refractivity contribution in [2.45, 2.75) is 38.5 Å². The molecule has 0 saturated carbocycles. The molecule has 0 atom stereocenters. The SMILES string of the molecule is CC1(C)c2ccccc2-n2c3ccccc3c3cc4c(c1c32)c1cccc2c1n4-c1ccccc1C2(C)C. The standard InChI is InChI=1S/C36H28N2/c1-35(2)24-14-6-9-18-28(24)38-30-20-23-21-12-5-8-17-27(21)37-29-19-10-7-15-25(29)36(3,4)32(34(23)37)31(30)22-13-11-16-26(35)33(22)38/h5-20H,1-4H3. The Hall–Kier alpha value is -4.30. The third-order valence-electron chi connectivity index (χ3n) is 9.64. The van der Waals surface area contributed by atoms with E-state index in [0.717, 1.165) is 0 Å². The second kappa shape index (κ2) is 6.39. The van der Waals surface area contributed by atoms with Crippen molar-refractivity contribution in [3.63, 3.8) is 0 Å². The van der Waals surface area contributed by atoms with Gasteiger partial charge in [-0.25, -0.2) is 0 Å². The van der Waals surface area contributed by atoms with E-state index in [2.05, 4.69) is 134 Å². The lowest BCUT2D eigenvalue weighted by molar-refractivity contribution is 0.630. The molecule has 0 radical (unpaired) electrons. The summed E-state index contributed by atoms with van der Waals surface area (Å²) < 4.78 is 5.10. The number of hydrogen-bond acceptors (Lipinski definition) is 0. The van der Waals surface area contributed by atoms with E-state index in [1.54, 1.807) is 0 Å². The van der Waals surface area contributed by atoms with Gasteiger partial charge in [0, 0.05) is 32.4 Å². The zero-order chi connectivity index (χ0) is 25.6. The van der Waals surface area contributed by atoms with Gasteiger partial charge in [0.25, 0.3) is 0 Å². The number of rotatable bonds is 0. The van der Waals surface area contributed by atoms with E-state index in [9.17, 15) is 0 Å². The summed E-state index contributed by atoms with van der Waals surface area (Å²) in [6, 6.07) is 36.4. The highest BCUT2D eigenvalue weighted by molar-refractivity contribution is 6.23. The zero-order valence-electron chi connectivity index (χ0n) is 22.1. The first kappa shape index (κ1) is 20.7. The maximum atomic E-state index is 2.57. The van der Waals surface area contributed by atoms with Crippen LogP contribution in [0.4, 0.5) is 0 Å². The molecule has 0 fully saturated rings. The van der Waals surface area contributed by atoms with E-state index in [-0.39, 0.29) is 10.8 Å². The maximum Gasteiger partial charge on any atom is 0.0589 e. The molecule has 2 heteroatoms. The van der Waals surface area contributed by atoms with Gasteiger partial charge in [-0.1, -0.05) is 100 Å². The molecule has 2 aliphatic heterocycles. The van der Waals surface area contributed by atoms with Crippen LogP contribution >= 0.6 is 0 Å². The van der Waals surface area contributed by atoms with Gasteiger partial charge < -0.3 is 9.13 Å². The van der Waals surface area contributed by atoms with Crippen LogP contribution in [-0.2, 0) is 10.8 Å². The molecule has 0 bridgehead atoms. The average Bonchev–Trinajstić information content (AvgIpc) is 3.44. The first-order valence-electron chi connectivity index (χ1n) is 13.6. The molecule has 0 amide bonds. The van der Waals surface area contributed by atoms with Crippen molar-refractivity contribution in [2.75, 3.05) is 0 Å². The van der Waals surface area contributed by atoms with Crippen molar-refractivity contribution >= 4 is 43.6 Å². The molecule has 0 N–H and O–H groups in total. The van der Waals surface area contributed by atoms with Crippen molar-refractivity contribution in [3.05, 3.63) is 119 Å². The summed E-state index contributed by atoms with van der Waals surface area (Å²) in [7, 11) is 0. The predicted octanol–water partition coefficient (Wildman–Crippen LogP) is 9.16. The summed E-state index contributed by atoms with van der Waals surface area (Å²) >= 11 is 0. The van der Waals surface area contributed by atoms with Crippen molar-refractivity contribution in [2.24, 2.45) is 0 Å². The van der Waals surface area contributed by atoms with Gasteiger partial charge in [0.2, 0.25) is 0 Å². The largest absolute Gasteiger partial charge is 0.309 e. The average molecular weight is 489 g/mol. The second-order valence-corrected chi connectivity index (χ2v) is 12.2. The quantitative estimate of drug-likeness (QED) is 0.201. The number of nitrogens with zero attached hydrogens (tertiary/aromatic N) is 2. The Balaban J connectivity index is 1.64. The van der Waals surface area contributed by atoms with Crippen molar-refractivity contribution in [3.8, 4) is 11.4 Å². The Morgan fingerprint density at radius 1 is 0.474 bits per heavy atom. The first-order valence-corrected chi connectivity index (χ1v) is 13.6. The maximum absolute atomic E-state index is 2.57. The lowest BCUT2D eigenvalue weighted by Crippen LogP contribution is -2.26. The van der Waals surface area contributed by atoms with Gasteiger partial charge in [0.15, 0.2) is 0 Å². The highest BCUT2D eigenvalue weighted by atomic mass is 15.0. The molecule has 2 aromatic heterocycles. The Morgan fingerprint density at radius 2 is 1.05 bits per heavy atom. The highest BCUT2D eigenvalue weighted by Crippen LogP contribution is 2.54. The predicted molar refractivity (Wildman–Crippen MR) is 159 cm³/mol. The van der Waals surface area contributed by atoms with Crippen LogP contribution < -0.4 is 0 Å². The van der Waals surface area contributed by atoms with Crippen molar-refractivity contribution < 1.29 is 0 Å². The van der Waals surface area contributed by atoms with Crippen LogP contribution in [0.5, 0.6) is 0 Å². The van der Waals surface area contributed by atoms with Crippen LogP contribution in [0.3, 0.4) is 0 Å². The zero-order valence-corrected chi connectivity index (χ0v) is 22.1. The summed E-state index contributed by atoms with van der Waals surface area (Å²) in [5.74, 6) is 0. The lowest BCUT2D eigenvalue weighted by atomic mass is 9.72. The van der Waals surface area contributed by atoms with Crippen LogP contribution in [-0.4, -0.2) is 9.13 Å². The molecule has 4 heterocycles. The van der Waals surface area contributed by atoms with Crippen LogP contribution in [0, 0.1) is 0 Å². The van der Waals surface area contributed by atoms with E-state index < -0.39 is 0 Å². The molecule has 9 rings (SSSR count). The van der Waals surface area contributed by atoms with Crippen molar-refractivity contribution in [1.82, 2.24) is 9.13 Å². The van der Waals surface area contributed by atoms with E-state index >= 15 is 0 Å². The van der Waals surface area contributed by atoms with Crippen LogP contribution in [0.15, 0.2) is 97.1 Å². The Morgan fingerprint density at radius 3 is 1.82 bits per heavy atom. The Kier molecular flexibility index (Phi) is 3.49. The van der Waals surface area contributed by atoms with Gasteiger partial charge in [0.1, 0.15) is 0 Å². The fourth-order valence-electron chi connectivity index (χ4n) is 7.96. The molecule has 0 unspecified atom stereocenters. The Labute approximate surface area is 221 Å². The molecule has 0 saturated heterocycles. The highest BCUT2D eigenvalue weighted by Gasteiger charge is 2.40. The molecule has 38 heavy (non-hydrogen) atoms. The van der Waals surface area contributed by atoms with Gasteiger partial charge in [-0.05, 0) is 46.5 Å². The number of aromatic nitrogens is 2. The second-order valence-electron chi connectivity index (χ2n) is 12.2. The topological polar surface area (TPSA) is 9.86 Å². The summed E-state index contributed by atoms with van der Waals surface area (Å²) in [5, 5.41) is 5.42. The van der Waals surface area contributed by atoms with Crippen molar-refractivity contribution in [1.29, 1.82) is 0 Å². The molecule has 7 aromatic rings. The van der Waals surface area contributed by atoms with Gasteiger partial charge >= 0.3 is 0 Å². The fraction of sp³-hybridized carbons (Fsp3) is 0.167. The third-order valence-corrected chi connectivity index (χ3v) is 9.64. The lowest BCUT2D eigenvalue weighted by Gasteiger charge is -2.35. The van der Waals surface area contributed by atoms with Crippen LogP contribution in [0.25, 0.3) is 55.0 Å². The molecule has 0 spiro atoms. The minimum absolute atomic E-state index is 0.0683. The number of fused-ring (bicyclic) bond motifs is 11. The van der Waals surface area contributed by atoms with Gasteiger partial charge in [-0.2, -0.15) is 0 Å². The fourth-order valence-corrected chi connectivity index (χ4v) is 7.96. The minimum atomic E-state index is -0.156. The molecule has 5 aromatic carbocycles. The summed E-state index contributed by atoms with van der Waals surface area (Å²) in [6.07, 6.45) is 0. The number of hydrogen-bond donors (Lipinski definition) is 0.